The molecule has 6 nitrogen and oxygen atoms in total. The van der Waals surface area contributed by atoms with E-state index in [-0.39, 0.29) is 23.1 Å². The summed E-state index contributed by atoms with van der Waals surface area (Å²) in [5.41, 5.74) is 1.87. The Labute approximate surface area is 192 Å². The monoisotopic (exact) mass is 470 g/mol. The Bertz CT molecular complexity index is 1170. The number of sulfonamides is 1. The zero-order valence-electron chi connectivity index (χ0n) is 17.9. The number of benzene rings is 2. The lowest BCUT2D eigenvalue weighted by molar-refractivity contribution is 0.0468. The molecule has 32 heavy (non-hydrogen) atoms. The molecule has 4 rings (SSSR count). The lowest BCUT2D eigenvalue weighted by Gasteiger charge is -2.30. The van der Waals surface area contributed by atoms with Crippen molar-refractivity contribution in [2.75, 3.05) is 7.05 Å². The van der Waals surface area contributed by atoms with E-state index in [0.717, 1.165) is 42.7 Å². The molecule has 0 bridgehead atoms. The summed E-state index contributed by atoms with van der Waals surface area (Å²) in [6, 6.07) is 15.9. The smallest absolute Gasteiger partial charge is 0.338 e. The summed E-state index contributed by atoms with van der Waals surface area (Å²) in [4.78, 5) is 17.2. The van der Waals surface area contributed by atoms with E-state index in [0.29, 0.717) is 5.69 Å². The molecule has 0 saturated heterocycles. The summed E-state index contributed by atoms with van der Waals surface area (Å²) in [5, 5.41) is 2.71. The number of nitrogens with zero attached hydrogens (tertiary/aromatic N) is 2. The van der Waals surface area contributed by atoms with Gasteiger partial charge < -0.3 is 4.74 Å². The minimum absolute atomic E-state index is 0.00725. The van der Waals surface area contributed by atoms with E-state index in [9.17, 15) is 13.2 Å². The zero-order chi connectivity index (χ0) is 22.6. The lowest BCUT2D eigenvalue weighted by atomic mass is 9.96. The van der Waals surface area contributed by atoms with Crippen LogP contribution < -0.4 is 0 Å². The number of carbonyl (C=O) groups is 1. The van der Waals surface area contributed by atoms with Crippen molar-refractivity contribution in [2.45, 2.75) is 49.6 Å². The highest BCUT2D eigenvalue weighted by Crippen LogP contribution is 2.27. The van der Waals surface area contributed by atoms with Gasteiger partial charge in [-0.2, -0.15) is 4.31 Å². The van der Waals surface area contributed by atoms with Gasteiger partial charge in [0.2, 0.25) is 10.0 Å². The van der Waals surface area contributed by atoms with Crippen LogP contribution >= 0.6 is 11.3 Å². The van der Waals surface area contributed by atoms with Crippen LogP contribution in [0.1, 0.15) is 48.2 Å². The number of hydrogen-bond acceptors (Lipinski definition) is 6. The molecule has 1 saturated carbocycles. The lowest BCUT2D eigenvalue weighted by Crippen LogP contribution is -2.38. The molecule has 1 aromatic heterocycles. The van der Waals surface area contributed by atoms with Crippen LogP contribution in [-0.2, 0) is 21.4 Å². The Morgan fingerprint density at radius 2 is 1.84 bits per heavy atom. The molecule has 1 aliphatic carbocycles. The molecule has 3 aromatic rings. The number of carbonyl (C=O) groups excluding carboxylic acids is 1. The van der Waals surface area contributed by atoms with E-state index in [2.05, 4.69) is 4.98 Å². The molecule has 0 N–H and O–H groups in total. The van der Waals surface area contributed by atoms with Crippen molar-refractivity contribution in [3.8, 4) is 10.6 Å². The van der Waals surface area contributed by atoms with Gasteiger partial charge in [0, 0.05) is 24.0 Å². The van der Waals surface area contributed by atoms with Gasteiger partial charge >= 0.3 is 5.97 Å². The third-order valence-corrected chi connectivity index (χ3v) is 8.61. The van der Waals surface area contributed by atoms with Gasteiger partial charge in [-0.05, 0) is 31.0 Å². The number of hydrogen-bond donors (Lipinski definition) is 0. The van der Waals surface area contributed by atoms with Gasteiger partial charge in [-0.15, -0.1) is 11.3 Å². The maximum absolute atomic E-state index is 13.1. The van der Waals surface area contributed by atoms with E-state index >= 15 is 0 Å². The maximum Gasteiger partial charge on any atom is 0.338 e. The van der Waals surface area contributed by atoms with Gasteiger partial charge in [0.15, 0.2) is 0 Å². The van der Waals surface area contributed by atoms with Gasteiger partial charge in [0.05, 0.1) is 16.2 Å². The SMILES string of the molecule is CN(C1CCCCC1)S(=O)(=O)c1cccc(C(=O)OCc2csc(-c3ccccc3)n2)c1. The van der Waals surface area contributed by atoms with Crippen LogP contribution in [0.5, 0.6) is 0 Å². The predicted molar refractivity (Wildman–Crippen MR) is 125 cm³/mol. The van der Waals surface area contributed by atoms with Gasteiger partial charge in [-0.1, -0.05) is 55.7 Å². The van der Waals surface area contributed by atoms with Crippen molar-refractivity contribution in [1.82, 2.24) is 9.29 Å². The summed E-state index contributed by atoms with van der Waals surface area (Å²) < 4.78 is 33.0. The standard InChI is InChI=1S/C24H26N2O4S2/c1-26(21-12-6-3-7-13-21)32(28,29)22-14-8-11-19(15-22)24(27)30-16-20-17-31-23(25-20)18-9-4-2-5-10-18/h2,4-5,8-11,14-15,17,21H,3,6-7,12-13,16H2,1H3. The van der Waals surface area contributed by atoms with Crippen molar-refractivity contribution in [3.63, 3.8) is 0 Å². The normalized spacial score (nSPS) is 15.1. The fourth-order valence-electron chi connectivity index (χ4n) is 3.90. The quantitative estimate of drug-likeness (QED) is 0.448. The second-order valence-corrected chi connectivity index (χ2v) is 10.8. The number of aromatic nitrogens is 1. The van der Waals surface area contributed by atoms with Crippen molar-refractivity contribution >= 4 is 27.3 Å². The first-order valence-corrected chi connectivity index (χ1v) is 13.0. The van der Waals surface area contributed by atoms with Crippen molar-refractivity contribution < 1.29 is 17.9 Å². The molecular weight excluding hydrogens is 444 g/mol. The number of thiazole rings is 1. The Morgan fingerprint density at radius 1 is 1.09 bits per heavy atom. The minimum Gasteiger partial charge on any atom is -0.456 e. The minimum atomic E-state index is -3.67. The molecule has 0 aliphatic heterocycles. The highest BCUT2D eigenvalue weighted by Gasteiger charge is 2.29. The summed E-state index contributed by atoms with van der Waals surface area (Å²) in [5.74, 6) is -0.573. The molecule has 0 atom stereocenters. The van der Waals surface area contributed by atoms with Crippen LogP contribution in [0.25, 0.3) is 10.6 Å². The van der Waals surface area contributed by atoms with Crippen LogP contribution in [0.4, 0.5) is 0 Å². The second kappa shape index (κ2) is 9.94. The molecule has 0 amide bonds. The number of ether oxygens (including phenoxy) is 1. The molecule has 0 spiro atoms. The van der Waals surface area contributed by atoms with Crippen LogP contribution in [0.15, 0.2) is 64.9 Å². The molecule has 8 heteroatoms. The van der Waals surface area contributed by atoms with E-state index in [1.165, 1.54) is 27.8 Å². The van der Waals surface area contributed by atoms with Crippen molar-refractivity contribution in [1.29, 1.82) is 0 Å². The topological polar surface area (TPSA) is 76.6 Å². The molecular formula is C24H26N2O4S2. The van der Waals surface area contributed by atoms with E-state index in [1.807, 2.05) is 35.7 Å². The maximum atomic E-state index is 13.1. The van der Waals surface area contributed by atoms with Crippen molar-refractivity contribution in [2.24, 2.45) is 0 Å². The van der Waals surface area contributed by atoms with Gasteiger partial charge in [-0.25, -0.2) is 18.2 Å². The van der Waals surface area contributed by atoms with Gasteiger partial charge in [0.25, 0.3) is 0 Å². The molecule has 1 aliphatic rings. The van der Waals surface area contributed by atoms with Gasteiger partial charge in [0.1, 0.15) is 11.6 Å². The largest absolute Gasteiger partial charge is 0.456 e. The summed E-state index contributed by atoms with van der Waals surface area (Å²) in [6.45, 7) is 0.0289. The third-order valence-electron chi connectivity index (χ3n) is 5.76. The van der Waals surface area contributed by atoms with E-state index < -0.39 is 16.0 Å². The fraction of sp³-hybridized carbons (Fsp3) is 0.333. The molecule has 0 radical (unpaired) electrons. The Morgan fingerprint density at radius 3 is 2.59 bits per heavy atom. The first kappa shape index (κ1) is 22.6. The van der Waals surface area contributed by atoms with E-state index in [4.69, 9.17) is 4.74 Å². The predicted octanol–water partition coefficient (Wildman–Crippen LogP) is 5.12. The van der Waals surface area contributed by atoms with Crippen LogP contribution in [-0.4, -0.2) is 36.8 Å². The zero-order valence-corrected chi connectivity index (χ0v) is 19.6. The molecule has 2 aromatic carbocycles. The third kappa shape index (κ3) is 5.09. The fourth-order valence-corrected chi connectivity index (χ4v) is 6.17. The summed E-state index contributed by atoms with van der Waals surface area (Å²) >= 11 is 1.49. The number of rotatable bonds is 7. The van der Waals surface area contributed by atoms with Crippen LogP contribution in [0.3, 0.4) is 0 Å². The summed E-state index contributed by atoms with van der Waals surface area (Å²) in [7, 11) is -2.05. The van der Waals surface area contributed by atoms with Crippen LogP contribution in [0.2, 0.25) is 0 Å². The molecule has 168 valence electrons. The summed E-state index contributed by atoms with van der Waals surface area (Å²) in [6.07, 6.45) is 4.97. The van der Waals surface area contributed by atoms with Crippen molar-refractivity contribution in [3.05, 3.63) is 71.2 Å². The second-order valence-electron chi connectivity index (χ2n) is 7.93. The average molecular weight is 471 g/mol. The highest BCUT2D eigenvalue weighted by atomic mass is 32.2. The first-order chi connectivity index (χ1) is 15.4. The van der Waals surface area contributed by atoms with E-state index in [1.54, 1.807) is 19.2 Å². The Balaban J connectivity index is 1.43. The first-order valence-electron chi connectivity index (χ1n) is 10.7. The molecule has 1 fully saturated rings. The van der Waals surface area contributed by atoms with Gasteiger partial charge in [-0.3, -0.25) is 0 Å². The molecule has 0 unspecified atom stereocenters. The Hall–Kier alpha value is -2.55. The average Bonchev–Trinajstić information content (AvgIpc) is 3.32. The Kier molecular flexibility index (Phi) is 7.03. The number of esters is 1. The highest BCUT2D eigenvalue weighted by molar-refractivity contribution is 7.89. The molecule has 1 heterocycles. The van der Waals surface area contributed by atoms with Crippen LogP contribution in [0, 0.1) is 0 Å².